The summed E-state index contributed by atoms with van der Waals surface area (Å²) >= 11 is 0. The molecule has 1 heterocycles. The van der Waals surface area contributed by atoms with Crippen LogP contribution in [-0.4, -0.2) is 28.6 Å². The summed E-state index contributed by atoms with van der Waals surface area (Å²) < 4.78 is 16.0. The third kappa shape index (κ3) is 3.88. The summed E-state index contributed by atoms with van der Waals surface area (Å²) in [5.74, 6) is 0.974. The second-order valence-corrected chi connectivity index (χ2v) is 6.76. The van der Waals surface area contributed by atoms with Gasteiger partial charge in [-0.1, -0.05) is 6.07 Å². The van der Waals surface area contributed by atoms with Gasteiger partial charge >= 0.3 is 6.16 Å². The van der Waals surface area contributed by atoms with E-state index in [4.69, 9.17) is 14.2 Å². The van der Waals surface area contributed by atoms with Crippen molar-refractivity contribution in [3.63, 3.8) is 0 Å². The predicted molar refractivity (Wildman–Crippen MR) is 77.7 cm³/mol. The molecule has 0 aliphatic carbocycles. The number of carbonyl (C=O) groups is 1. The summed E-state index contributed by atoms with van der Waals surface area (Å²) in [6, 6.07) is 5.09. The Labute approximate surface area is 124 Å². The number of aliphatic hydroxyl groups excluding tert-OH is 1. The maximum absolute atomic E-state index is 11.7. The molecule has 0 radical (unpaired) electrons. The molecule has 5 nitrogen and oxygen atoms in total. The lowest BCUT2D eigenvalue weighted by atomic mass is 9.91. The molecule has 116 valence electrons. The van der Waals surface area contributed by atoms with Gasteiger partial charge in [-0.05, 0) is 46.2 Å². The van der Waals surface area contributed by atoms with E-state index in [0.29, 0.717) is 17.9 Å². The minimum Gasteiger partial charge on any atom is -0.485 e. The van der Waals surface area contributed by atoms with E-state index in [9.17, 15) is 9.90 Å². The molecule has 1 aromatic rings. The van der Waals surface area contributed by atoms with Crippen LogP contribution in [-0.2, 0) is 11.2 Å². The van der Waals surface area contributed by atoms with Crippen molar-refractivity contribution in [2.24, 2.45) is 0 Å². The van der Waals surface area contributed by atoms with E-state index in [1.54, 1.807) is 39.0 Å². The first-order valence-electron chi connectivity index (χ1n) is 6.98. The van der Waals surface area contributed by atoms with Crippen molar-refractivity contribution in [3.05, 3.63) is 23.8 Å². The van der Waals surface area contributed by atoms with Crippen molar-refractivity contribution in [3.8, 4) is 11.5 Å². The number of rotatable bonds is 1. The Balaban J connectivity index is 2.13. The number of carbonyl (C=O) groups excluding carboxylic acids is 1. The van der Waals surface area contributed by atoms with Gasteiger partial charge in [-0.3, -0.25) is 0 Å². The van der Waals surface area contributed by atoms with Gasteiger partial charge in [-0.25, -0.2) is 4.79 Å². The molecule has 1 aromatic carbocycles. The van der Waals surface area contributed by atoms with Crippen LogP contribution in [0.1, 0.15) is 40.2 Å². The Kier molecular flexibility index (Phi) is 3.89. The number of benzene rings is 1. The molecule has 1 atom stereocenters. The molecule has 21 heavy (non-hydrogen) atoms. The maximum Gasteiger partial charge on any atom is 0.514 e. The molecule has 0 saturated carbocycles. The zero-order valence-electron chi connectivity index (χ0n) is 13.1. The molecule has 0 aromatic heterocycles. The lowest BCUT2D eigenvalue weighted by Gasteiger charge is -2.37. The third-order valence-corrected chi connectivity index (χ3v) is 3.22. The molecule has 0 saturated heterocycles. The van der Waals surface area contributed by atoms with Crippen molar-refractivity contribution in [2.45, 2.75) is 58.3 Å². The second kappa shape index (κ2) is 5.22. The first-order valence-corrected chi connectivity index (χ1v) is 6.98. The molecule has 0 bridgehead atoms. The van der Waals surface area contributed by atoms with Crippen molar-refractivity contribution in [1.29, 1.82) is 0 Å². The van der Waals surface area contributed by atoms with Gasteiger partial charge in [0.2, 0.25) is 0 Å². The Morgan fingerprint density at radius 2 is 2.05 bits per heavy atom. The minimum atomic E-state index is -0.752. The fourth-order valence-electron chi connectivity index (χ4n) is 2.03. The summed E-state index contributed by atoms with van der Waals surface area (Å²) in [7, 11) is 0. The fourth-order valence-corrected chi connectivity index (χ4v) is 2.03. The molecule has 1 N–H and O–H groups in total. The highest BCUT2D eigenvalue weighted by atomic mass is 16.7. The molecule has 0 spiro atoms. The molecule has 1 aliphatic heterocycles. The highest BCUT2D eigenvalue weighted by molar-refractivity contribution is 5.64. The number of ether oxygens (including phenoxy) is 3. The zero-order chi connectivity index (χ0) is 15.8. The Morgan fingerprint density at radius 3 is 2.67 bits per heavy atom. The van der Waals surface area contributed by atoms with E-state index in [1.165, 1.54) is 0 Å². The van der Waals surface area contributed by atoms with Gasteiger partial charge in [-0.15, -0.1) is 0 Å². The Hall–Kier alpha value is -1.75. The lowest BCUT2D eigenvalue weighted by Crippen LogP contribution is -2.46. The smallest absolute Gasteiger partial charge is 0.485 e. The van der Waals surface area contributed by atoms with E-state index in [2.05, 4.69) is 0 Å². The second-order valence-electron chi connectivity index (χ2n) is 6.76. The molecular weight excluding hydrogens is 272 g/mol. The van der Waals surface area contributed by atoms with Gasteiger partial charge in [0.05, 0.1) is 6.10 Å². The summed E-state index contributed by atoms with van der Waals surface area (Å²) in [6.07, 6.45) is -0.810. The standard InChI is InChI=1S/C16H22O5/c1-15(2,3)21-14(18)19-11-7-6-10-8-13(17)16(4,5)20-12(10)9-11/h6-7,9,13,17H,8H2,1-5H3. The van der Waals surface area contributed by atoms with Crippen LogP contribution in [0.5, 0.6) is 11.5 Å². The summed E-state index contributed by atoms with van der Waals surface area (Å²) in [5.41, 5.74) is -0.385. The average Bonchev–Trinajstić information content (AvgIpc) is 2.28. The summed E-state index contributed by atoms with van der Waals surface area (Å²) in [4.78, 5) is 11.7. The van der Waals surface area contributed by atoms with Gasteiger partial charge in [-0.2, -0.15) is 0 Å². The van der Waals surface area contributed by atoms with Gasteiger partial charge in [0, 0.05) is 12.5 Å². The van der Waals surface area contributed by atoms with Crippen LogP contribution in [0.4, 0.5) is 4.79 Å². The summed E-state index contributed by atoms with van der Waals surface area (Å²) in [6.45, 7) is 8.96. The fraction of sp³-hybridized carbons (Fsp3) is 0.562. The molecule has 0 amide bonds. The summed E-state index contributed by atoms with van der Waals surface area (Å²) in [5, 5.41) is 10.00. The predicted octanol–water partition coefficient (Wildman–Crippen LogP) is 3.07. The average molecular weight is 294 g/mol. The molecular formula is C16H22O5. The normalized spacial score (nSPS) is 20.2. The Bertz CT molecular complexity index is 542. The van der Waals surface area contributed by atoms with Crippen LogP contribution >= 0.6 is 0 Å². The van der Waals surface area contributed by atoms with Crippen molar-refractivity contribution < 1.29 is 24.1 Å². The highest BCUT2D eigenvalue weighted by Crippen LogP contribution is 2.35. The van der Waals surface area contributed by atoms with Gasteiger partial charge < -0.3 is 19.3 Å². The minimum absolute atomic E-state index is 0.357. The quantitative estimate of drug-likeness (QED) is 0.637. The number of hydrogen-bond acceptors (Lipinski definition) is 5. The molecule has 5 heteroatoms. The molecule has 1 unspecified atom stereocenters. The number of aliphatic hydroxyl groups is 1. The molecule has 1 aliphatic rings. The van der Waals surface area contributed by atoms with Gasteiger partial charge in [0.1, 0.15) is 22.7 Å². The first-order chi connectivity index (χ1) is 9.57. The van der Waals surface area contributed by atoms with Gasteiger partial charge in [0.15, 0.2) is 0 Å². The maximum atomic E-state index is 11.7. The van der Waals surface area contributed by atoms with E-state index in [-0.39, 0.29) is 0 Å². The number of hydrogen-bond donors (Lipinski definition) is 1. The third-order valence-electron chi connectivity index (χ3n) is 3.22. The van der Waals surface area contributed by atoms with Crippen LogP contribution in [0.25, 0.3) is 0 Å². The van der Waals surface area contributed by atoms with Crippen molar-refractivity contribution in [2.75, 3.05) is 0 Å². The van der Waals surface area contributed by atoms with E-state index in [1.807, 2.05) is 13.8 Å². The number of fused-ring (bicyclic) bond motifs is 1. The van der Waals surface area contributed by atoms with Crippen LogP contribution in [0.15, 0.2) is 18.2 Å². The molecule has 2 rings (SSSR count). The van der Waals surface area contributed by atoms with E-state index >= 15 is 0 Å². The van der Waals surface area contributed by atoms with Crippen LogP contribution in [0.2, 0.25) is 0 Å². The lowest BCUT2D eigenvalue weighted by molar-refractivity contribution is -0.0413. The SMILES string of the molecule is CC(C)(C)OC(=O)Oc1ccc2c(c1)OC(C)(C)C(O)C2. The monoisotopic (exact) mass is 294 g/mol. The van der Waals surface area contributed by atoms with Crippen LogP contribution < -0.4 is 9.47 Å². The Morgan fingerprint density at radius 1 is 1.38 bits per heavy atom. The van der Waals surface area contributed by atoms with Crippen LogP contribution in [0.3, 0.4) is 0 Å². The first kappa shape index (κ1) is 15.6. The van der Waals surface area contributed by atoms with Crippen molar-refractivity contribution in [1.82, 2.24) is 0 Å². The topological polar surface area (TPSA) is 65.0 Å². The molecule has 0 fully saturated rings. The largest absolute Gasteiger partial charge is 0.514 e. The van der Waals surface area contributed by atoms with Crippen molar-refractivity contribution >= 4 is 6.16 Å². The zero-order valence-corrected chi connectivity index (χ0v) is 13.1. The van der Waals surface area contributed by atoms with Gasteiger partial charge in [0.25, 0.3) is 0 Å². The van der Waals surface area contributed by atoms with E-state index < -0.39 is 23.5 Å². The van der Waals surface area contributed by atoms with E-state index in [0.717, 1.165) is 5.56 Å². The van der Waals surface area contributed by atoms with Crippen LogP contribution in [0, 0.1) is 0 Å². The highest BCUT2D eigenvalue weighted by Gasteiger charge is 2.35.